The third-order valence-corrected chi connectivity index (χ3v) is 6.94. The summed E-state index contributed by atoms with van der Waals surface area (Å²) in [5.74, 6) is -3.96. The van der Waals surface area contributed by atoms with Crippen LogP contribution in [0.5, 0.6) is 0 Å². The molecule has 6 nitrogen and oxygen atoms in total. The largest absolute Gasteiger partial charge is 0.454 e. The van der Waals surface area contributed by atoms with Crippen molar-refractivity contribution in [3.05, 3.63) is 95.1 Å². The molecule has 3 rings (SSSR count). The molecule has 0 aliphatic carbocycles. The number of anilines is 1. The molecule has 0 N–H and O–H groups in total. The van der Waals surface area contributed by atoms with Gasteiger partial charge in [-0.25, -0.2) is 22.0 Å². The Morgan fingerprint density at radius 1 is 0.909 bits per heavy atom. The van der Waals surface area contributed by atoms with Gasteiger partial charge in [-0.2, -0.15) is 0 Å². The fourth-order valence-electron chi connectivity index (χ4n) is 3.18. The van der Waals surface area contributed by atoms with Crippen LogP contribution in [0.25, 0.3) is 0 Å². The molecule has 0 unspecified atom stereocenters. The number of hydrogen-bond donors (Lipinski definition) is 0. The van der Waals surface area contributed by atoms with E-state index in [-0.39, 0.29) is 22.6 Å². The topological polar surface area (TPSA) is 80.8 Å². The van der Waals surface area contributed by atoms with Crippen LogP contribution in [0.3, 0.4) is 0 Å². The van der Waals surface area contributed by atoms with Crippen LogP contribution < -0.4 is 4.31 Å². The highest BCUT2D eigenvalue weighted by Gasteiger charge is 2.26. The molecule has 0 heterocycles. The lowest BCUT2D eigenvalue weighted by molar-refractivity contribution is 0.0474. The highest BCUT2D eigenvalue weighted by atomic mass is 32.2. The van der Waals surface area contributed by atoms with Crippen LogP contribution >= 0.6 is 0 Å². The van der Waals surface area contributed by atoms with Crippen molar-refractivity contribution in [1.29, 1.82) is 0 Å². The normalized spacial score (nSPS) is 11.2. The van der Waals surface area contributed by atoms with Gasteiger partial charge >= 0.3 is 5.97 Å². The van der Waals surface area contributed by atoms with Gasteiger partial charge in [0.25, 0.3) is 10.0 Å². The van der Waals surface area contributed by atoms with Crippen molar-refractivity contribution in [2.24, 2.45) is 0 Å². The van der Waals surface area contributed by atoms with Crippen LogP contribution in [0.15, 0.2) is 71.6 Å². The van der Waals surface area contributed by atoms with Crippen molar-refractivity contribution in [1.82, 2.24) is 0 Å². The van der Waals surface area contributed by atoms with Crippen LogP contribution in [-0.2, 0) is 14.8 Å². The van der Waals surface area contributed by atoms with E-state index in [9.17, 15) is 26.8 Å². The number of rotatable bonds is 8. The summed E-state index contributed by atoms with van der Waals surface area (Å²) in [6.45, 7) is 2.75. The van der Waals surface area contributed by atoms with Crippen LogP contribution in [0.4, 0.5) is 14.5 Å². The van der Waals surface area contributed by atoms with Gasteiger partial charge in [-0.05, 0) is 61.9 Å². The summed E-state index contributed by atoms with van der Waals surface area (Å²) in [5, 5.41) is 0. The van der Waals surface area contributed by atoms with Gasteiger partial charge in [0.05, 0.1) is 16.1 Å². The molecule has 0 aliphatic heterocycles. The zero-order valence-corrected chi connectivity index (χ0v) is 18.7. The van der Waals surface area contributed by atoms with E-state index in [1.165, 1.54) is 22.5 Å². The fourth-order valence-corrected chi connectivity index (χ4v) is 4.90. The number of Topliss-reactive ketones (excluding diaryl/α,β-unsaturated/α-hetero) is 1. The molecule has 0 fully saturated rings. The first-order valence-electron chi connectivity index (χ1n) is 9.99. The van der Waals surface area contributed by atoms with E-state index in [2.05, 4.69) is 0 Å². The summed E-state index contributed by atoms with van der Waals surface area (Å²) in [6.07, 6.45) is 0. The number of para-hydroxylation sites is 1. The first kappa shape index (κ1) is 24.1. The zero-order chi connectivity index (χ0) is 24.2. The fraction of sp³-hybridized carbons (Fsp3) is 0.167. The number of ketones is 1. The minimum atomic E-state index is -3.99. The smallest absolute Gasteiger partial charge is 0.338 e. The number of carbonyl (C=O) groups is 2. The quantitative estimate of drug-likeness (QED) is 0.355. The first-order chi connectivity index (χ1) is 15.6. The molecule has 3 aromatic rings. The average Bonchev–Trinajstić information content (AvgIpc) is 2.80. The minimum absolute atomic E-state index is 0.0682. The lowest BCUT2D eigenvalue weighted by Gasteiger charge is -2.24. The average molecular weight is 473 g/mol. The second-order valence-corrected chi connectivity index (χ2v) is 8.94. The van der Waals surface area contributed by atoms with E-state index in [1.54, 1.807) is 44.2 Å². The van der Waals surface area contributed by atoms with Gasteiger partial charge < -0.3 is 4.74 Å². The Labute approximate surface area is 190 Å². The molecule has 0 aliphatic rings. The van der Waals surface area contributed by atoms with Gasteiger partial charge in [-0.1, -0.05) is 24.3 Å². The number of aryl methyl sites for hydroxylation is 1. The van der Waals surface area contributed by atoms with Crippen molar-refractivity contribution in [2.75, 3.05) is 17.5 Å². The lowest BCUT2D eigenvalue weighted by atomic mass is 10.1. The molecular weight excluding hydrogens is 452 g/mol. The molecule has 0 spiro atoms. The minimum Gasteiger partial charge on any atom is -0.454 e. The van der Waals surface area contributed by atoms with Gasteiger partial charge in [-0.15, -0.1) is 0 Å². The van der Waals surface area contributed by atoms with Gasteiger partial charge in [0.2, 0.25) is 0 Å². The predicted molar refractivity (Wildman–Crippen MR) is 119 cm³/mol. The molecule has 0 saturated carbocycles. The summed E-state index contributed by atoms with van der Waals surface area (Å²) in [7, 11) is -3.99. The molecule has 0 aromatic heterocycles. The second-order valence-electron chi connectivity index (χ2n) is 7.11. The Balaban J connectivity index is 1.82. The summed E-state index contributed by atoms with van der Waals surface area (Å²) >= 11 is 0. The standard InChI is InChI=1S/C24H21F2NO5S/c1-3-27(19-7-5-4-6-8-19)33(30,31)23-14-18(10-9-16(23)2)24(29)32-15-22(28)17-11-12-20(25)21(26)13-17/h4-14H,3,15H2,1-2H3. The van der Waals surface area contributed by atoms with E-state index < -0.39 is 40.0 Å². The molecule has 3 aromatic carbocycles. The zero-order valence-electron chi connectivity index (χ0n) is 17.9. The molecule has 0 atom stereocenters. The molecule has 0 saturated heterocycles. The maximum Gasteiger partial charge on any atom is 0.338 e. The summed E-state index contributed by atoms with van der Waals surface area (Å²) in [6, 6.07) is 15.2. The van der Waals surface area contributed by atoms with Crippen LogP contribution in [0, 0.1) is 18.6 Å². The SMILES string of the molecule is CCN(c1ccccc1)S(=O)(=O)c1cc(C(=O)OCC(=O)c2ccc(F)c(F)c2)ccc1C. The molecule has 0 bridgehead atoms. The highest BCUT2D eigenvalue weighted by molar-refractivity contribution is 7.92. The van der Waals surface area contributed by atoms with E-state index in [4.69, 9.17) is 4.74 Å². The van der Waals surface area contributed by atoms with Crippen molar-refractivity contribution < 1.29 is 31.5 Å². The maximum absolute atomic E-state index is 13.3. The molecule has 0 radical (unpaired) electrons. The number of halogens is 2. The van der Waals surface area contributed by atoms with E-state index in [0.717, 1.165) is 12.1 Å². The third kappa shape index (κ3) is 5.25. The van der Waals surface area contributed by atoms with Crippen molar-refractivity contribution >= 4 is 27.5 Å². The van der Waals surface area contributed by atoms with Crippen LogP contribution in [0.1, 0.15) is 33.2 Å². The molecule has 172 valence electrons. The molecule has 0 amide bonds. The molecule has 9 heteroatoms. The summed E-state index contributed by atoms with van der Waals surface area (Å²) < 4.78 is 59.2. The molecular formula is C24H21F2NO5S. The maximum atomic E-state index is 13.3. The highest BCUT2D eigenvalue weighted by Crippen LogP contribution is 2.26. The van der Waals surface area contributed by atoms with Crippen LogP contribution in [0.2, 0.25) is 0 Å². The van der Waals surface area contributed by atoms with Crippen LogP contribution in [-0.4, -0.2) is 33.3 Å². The van der Waals surface area contributed by atoms with Gasteiger partial charge in [0, 0.05) is 12.1 Å². The van der Waals surface area contributed by atoms with E-state index in [1.807, 2.05) is 0 Å². The Morgan fingerprint density at radius 2 is 1.58 bits per heavy atom. The van der Waals surface area contributed by atoms with Gasteiger partial charge in [0.15, 0.2) is 24.0 Å². The Kier molecular flexibility index (Phi) is 7.23. The summed E-state index contributed by atoms with van der Waals surface area (Å²) in [4.78, 5) is 24.6. The molecule has 33 heavy (non-hydrogen) atoms. The van der Waals surface area contributed by atoms with Crippen molar-refractivity contribution in [2.45, 2.75) is 18.7 Å². The number of nitrogens with zero attached hydrogens (tertiary/aromatic N) is 1. The van der Waals surface area contributed by atoms with Crippen molar-refractivity contribution in [3.63, 3.8) is 0 Å². The monoisotopic (exact) mass is 473 g/mol. The number of hydrogen-bond acceptors (Lipinski definition) is 5. The number of esters is 1. The summed E-state index contributed by atoms with van der Waals surface area (Å²) in [5.41, 5.74) is 0.681. The van der Waals surface area contributed by atoms with Gasteiger partial charge in [0.1, 0.15) is 0 Å². The number of ether oxygens (including phenoxy) is 1. The number of carbonyl (C=O) groups excluding carboxylic acids is 2. The van der Waals surface area contributed by atoms with Gasteiger partial charge in [-0.3, -0.25) is 9.10 Å². The number of sulfonamides is 1. The predicted octanol–water partition coefficient (Wildman–Crippen LogP) is 4.53. The number of benzene rings is 3. The lowest BCUT2D eigenvalue weighted by Crippen LogP contribution is -2.31. The van der Waals surface area contributed by atoms with E-state index >= 15 is 0 Å². The van der Waals surface area contributed by atoms with Crippen molar-refractivity contribution in [3.8, 4) is 0 Å². The third-order valence-electron chi connectivity index (χ3n) is 4.90. The Bertz CT molecular complexity index is 1290. The van der Waals surface area contributed by atoms with E-state index in [0.29, 0.717) is 17.3 Å². The second kappa shape index (κ2) is 9.91. The first-order valence-corrected chi connectivity index (χ1v) is 11.4. The Hall–Kier alpha value is -3.59. The Morgan fingerprint density at radius 3 is 2.21 bits per heavy atom.